The summed E-state index contributed by atoms with van der Waals surface area (Å²) in [7, 11) is 0. The largest absolute Gasteiger partial charge is 0.449 e. The fourth-order valence-corrected chi connectivity index (χ4v) is 5.69. The molecule has 3 N–H and O–H groups in total. The molecule has 1 heterocycles. The van der Waals surface area contributed by atoms with E-state index in [1.165, 1.54) is 25.7 Å². The summed E-state index contributed by atoms with van der Waals surface area (Å²) >= 11 is 0. The molecule has 3 rings (SSSR count). The fraction of sp³-hybridized carbons (Fsp3) is 0.833. The van der Waals surface area contributed by atoms with Gasteiger partial charge in [-0.05, 0) is 62.2 Å². The second-order valence-electron chi connectivity index (χ2n) is 10.4. The van der Waals surface area contributed by atoms with Gasteiger partial charge >= 0.3 is 6.09 Å². The predicted octanol–water partition coefficient (Wildman–Crippen LogP) is 2.55. The van der Waals surface area contributed by atoms with Gasteiger partial charge in [-0.2, -0.15) is 0 Å². The van der Waals surface area contributed by atoms with E-state index in [9.17, 15) is 19.2 Å². The minimum atomic E-state index is -0.784. The molecule has 8 heteroatoms. The number of hydrogen-bond donors (Lipinski definition) is 3. The molecule has 32 heavy (non-hydrogen) atoms. The first kappa shape index (κ1) is 24.5. The molecule has 0 radical (unpaired) electrons. The van der Waals surface area contributed by atoms with E-state index in [1.54, 1.807) is 0 Å². The van der Waals surface area contributed by atoms with Gasteiger partial charge in [0.1, 0.15) is 12.3 Å². The van der Waals surface area contributed by atoms with Crippen molar-refractivity contribution in [2.75, 3.05) is 13.2 Å². The molecular weight excluding hydrogens is 410 g/mol. The Morgan fingerprint density at radius 1 is 1.12 bits per heavy atom. The van der Waals surface area contributed by atoms with Crippen LogP contribution >= 0.6 is 0 Å². The zero-order valence-electron chi connectivity index (χ0n) is 19.4. The zero-order valence-corrected chi connectivity index (χ0v) is 19.4. The van der Waals surface area contributed by atoms with Crippen LogP contribution < -0.4 is 16.0 Å². The maximum absolute atomic E-state index is 12.8. The van der Waals surface area contributed by atoms with Crippen LogP contribution in [0.2, 0.25) is 0 Å². The highest BCUT2D eigenvalue weighted by Crippen LogP contribution is 2.42. The van der Waals surface area contributed by atoms with Crippen molar-refractivity contribution in [2.24, 2.45) is 29.6 Å². The van der Waals surface area contributed by atoms with Crippen LogP contribution in [0.15, 0.2) is 0 Å². The highest BCUT2D eigenvalue weighted by Gasteiger charge is 2.33. The van der Waals surface area contributed by atoms with Crippen LogP contribution in [0.1, 0.15) is 71.6 Å². The molecule has 3 fully saturated rings. The molecule has 5 atom stereocenters. The second kappa shape index (κ2) is 11.7. The van der Waals surface area contributed by atoms with Crippen LogP contribution in [-0.4, -0.2) is 49.4 Å². The number of alkyl carbamates (subject to hydrolysis) is 1. The lowest BCUT2D eigenvalue weighted by Crippen LogP contribution is -2.51. The van der Waals surface area contributed by atoms with Gasteiger partial charge in [-0.1, -0.05) is 33.1 Å². The van der Waals surface area contributed by atoms with E-state index in [2.05, 4.69) is 16.0 Å². The monoisotopic (exact) mass is 449 g/mol. The number of ether oxygens (including phenoxy) is 1. The van der Waals surface area contributed by atoms with Crippen molar-refractivity contribution in [2.45, 2.75) is 83.7 Å². The minimum absolute atomic E-state index is 0.0848. The summed E-state index contributed by atoms with van der Waals surface area (Å²) in [5.74, 6) is 1.32. The Kier molecular flexibility index (Phi) is 8.93. The maximum Gasteiger partial charge on any atom is 0.407 e. The molecule has 0 aromatic heterocycles. The van der Waals surface area contributed by atoms with Gasteiger partial charge in [0.15, 0.2) is 0 Å². The van der Waals surface area contributed by atoms with Gasteiger partial charge in [0.05, 0.1) is 12.6 Å². The lowest BCUT2D eigenvalue weighted by atomic mass is 9.68. The molecule has 3 amide bonds. The first-order valence-electron chi connectivity index (χ1n) is 12.3. The standard InChI is InChI=1S/C24H39N3O5/c1-15(2)8-21(23(30)26-20(13-28)12-19-6-7-25-22(19)29)27-24(31)32-14-18-10-16-4-3-5-17(9-16)11-18/h13,15-21H,3-12,14H2,1-2H3,(H,25,29)(H,26,30)(H,27,31)/t16?,17?,18?,19-,20-,21-/m0/s1. The molecule has 1 aliphatic heterocycles. The van der Waals surface area contributed by atoms with Crippen molar-refractivity contribution in [3.63, 3.8) is 0 Å². The summed E-state index contributed by atoms with van der Waals surface area (Å²) in [6.07, 6.45) is 8.89. The summed E-state index contributed by atoms with van der Waals surface area (Å²) in [4.78, 5) is 48.6. The van der Waals surface area contributed by atoms with E-state index in [4.69, 9.17) is 4.74 Å². The van der Waals surface area contributed by atoms with E-state index in [0.717, 1.165) is 24.7 Å². The second-order valence-corrected chi connectivity index (χ2v) is 10.4. The van der Waals surface area contributed by atoms with Gasteiger partial charge in [0, 0.05) is 12.5 Å². The predicted molar refractivity (Wildman–Crippen MR) is 120 cm³/mol. The molecule has 3 aliphatic rings. The molecule has 2 bridgehead atoms. The molecule has 2 aliphatic carbocycles. The first-order chi connectivity index (χ1) is 15.3. The summed E-state index contributed by atoms with van der Waals surface area (Å²) in [5.41, 5.74) is 0. The third kappa shape index (κ3) is 7.20. The molecule has 0 aromatic carbocycles. The molecule has 1 saturated heterocycles. The normalized spacial score (nSPS) is 29.0. The third-order valence-corrected chi connectivity index (χ3v) is 7.18. The number of carbonyl (C=O) groups excluding carboxylic acids is 4. The van der Waals surface area contributed by atoms with Crippen molar-refractivity contribution in [3.8, 4) is 0 Å². The summed E-state index contributed by atoms with van der Waals surface area (Å²) in [6.45, 7) is 4.92. The highest BCUT2D eigenvalue weighted by molar-refractivity contribution is 5.88. The quantitative estimate of drug-likeness (QED) is 0.444. The first-order valence-corrected chi connectivity index (χ1v) is 12.3. The van der Waals surface area contributed by atoms with Gasteiger partial charge in [0.2, 0.25) is 11.8 Å². The number of carbonyl (C=O) groups is 4. The maximum atomic E-state index is 12.8. The van der Waals surface area contributed by atoms with E-state index in [-0.39, 0.29) is 24.2 Å². The number of aldehydes is 1. The van der Waals surface area contributed by atoms with Crippen molar-refractivity contribution >= 4 is 24.2 Å². The van der Waals surface area contributed by atoms with Gasteiger partial charge in [-0.25, -0.2) is 4.79 Å². The van der Waals surface area contributed by atoms with Crippen molar-refractivity contribution < 1.29 is 23.9 Å². The van der Waals surface area contributed by atoms with E-state index in [0.29, 0.717) is 38.2 Å². The SMILES string of the molecule is CC(C)C[C@H](NC(=O)OCC1CC2CCCC(C2)C1)C(=O)N[C@H](C=O)C[C@@H]1CCNC1=O. The van der Waals surface area contributed by atoms with Gasteiger partial charge < -0.3 is 25.5 Å². The average Bonchev–Trinajstić information content (AvgIpc) is 3.15. The Morgan fingerprint density at radius 2 is 1.84 bits per heavy atom. The number of nitrogens with one attached hydrogen (secondary N) is 3. The van der Waals surface area contributed by atoms with Crippen LogP contribution in [0, 0.1) is 29.6 Å². The third-order valence-electron chi connectivity index (χ3n) is 7.18. The number of fused-ring (bicyclic) bond motifs is 2. The molecule has 0 aromatic rings. The van der Waals surface area contributed by atoms with E-state index in [1.807, 2.05) is 13.8 Å². The molecule has 8 nitrogen and oxygen atoms in total. The molecule has 180 valence electrons. The Labute approximate surface area is 191 Å². The molecule has 2 saturated carbocycles. The van der Waals surface area contributed by atoms with Gasteiger partial charge in [-0.3, -0.25) is 9.59 Å². The Hall–Kier alpha value is -2.12. The van der Waals surface area contributed by atoms with E-state index >= 15 is 0 Å². The zero-order chi connectivity index (χ0) is 23.1. The topological polar surface area (TPSA) is 114 Å². The summed E-state index contributed by atoms with van der Waals surface area (Å²) in [6, 6.07) is -1.54. The number of amides is 3. The van der Waals surface area contributed by atoms with Crippen LogP contribution in [0.3, 0.4) is 0 Å². The number of hydrogen-bond acceptors (Lipinski definition) is 5. The smallest absolute Gasteiger partial charge is 0.407 e. The Balaban J connectivity index is 1.48. The highest BCUT2D eigenvalue weighted by atomic mass is 16.5. The molecule has 0 spiro atoms. The minimum Gasteiger partial charge on any atom is -0.449 e. The van der Waals surface area contributed by atoms with Crippen LogP contribution in [-0.2, 0) is 19.1 Å². The van der Waals surface area contributed by atoms with E-state index < -0.39 is 24.1 Å². The Morgan fingerprint density at radius 3 is 2.44 bits per heavy atom. The fourth-order valence-electron chi connectivity index (χ4n) is 5.69. The molecular formula is C24H39N3O5. The van der Waals surface area contributed by atoms with Crippen molar-refractivity contribution in [1.82, 2.24) is 16.0 Å². The summed E-state index contributed by atoms with van der Waals surface area (Å²) in [5, 5.41) is 8.14. The lowest BCUT2D eigenvalue weighted by molar-refractivity contribution is -0.127. The summed E-state index contributed by atoms with van der Waals surface area (Å²) < 4.78 is 5.51. The molecule has 2 unspecified atom stereocenters. The van der Waals surface area contributed by atoms with Crippen molar-refractivity contribution in [3.05, 3.63) is 0 Å². The van der Waals surface area contributed by atoms with Crippen LogP contribution in [0.4, 0.5) is 4.79 Å². The lowest BCUT2D eigenvalue weighted by Gasteiger charge is -2.38. The number of rotatable bonds is 10. The van der Waals surface area contributed by atoms with Crippen LogP contribution in [0.25, 0.3) is 0 Å². The van der Waals surface area contributed by atoms with Gasteiger partial charge in [0.25, 0.3) is 0 Å². The van der Waals surface area contributed by atoms with Gasteiger partial charge in [-0.15, -0.1) is 0 Å². The van der Waals surface area contributed by atoms with Crippen molar-refractivity contribution in [1.29, 1.82) is 0 Å². The Bertz CT molecular complexity index is 671. The average molecular weight is 450 g/mol. The van der Waals surface area contributed by atoms with Crippen LogP contribution in [0.5, 0.6) is 0 Å².